The number of fused-ring (bicyclic) bond motifs is 1. The third kappa shape index (κ3) is 2.77. The molecule has 1 aliphatic heterocycles. The minimum atomic E-state index is -0.441. The van der Waals surface area contributed by atoms with Gasteiger partial charge in [0.15, 0.2) is 5.65 Å². The minimum Gasteiger partial charge on any atom is -0.387 e. The Labute approximate surface area is 127 Å². The summed E-state index contributed by atoms with van der Waals surface area (Å²) in [5.74, 6) is 0.531. The lowest BCUT2D eigenvalue weighted by Gasteiger charge is -2.35. The smallest absolute Gasteiger partial charge is 0.248 e. The Hall–Kier alpha value is -1.92. The van der Waals surface area contributed by atoms with E-state index >= 15 is 0 Å². The molecule has 0 unspecified atom stereocenters. The van der Waals surface area contributed by atoms with Crippen LogP contribution >= 0.6 is 11.6 Å². The lowest BCUT2D eigenvalue weighted by Crippen LogP contribution is -2.49. The maximum Gasteiger partial charge on any atom is 0.248 e. The van der Waals surface area contributed by atoms with Crippen LogP contribution in [0.2, 0.25) is 5.02 Å². The fourth-order valence-electron chi connectivity index (χ4n) is 2.45. The van der Waals surface area contributed by atoms with Crippen molar-refractivity contribution in [3.05, 3.63) is 29.4 Å². The molecule has 1 N–H and O–H groups in total. The summed E-state index contributed by atoms with van der Waals surface area (Å²) in [6.07, 6.45) is 1.69. The van der Waals surface area contributed by atoms with Crippen LogP contribution in [0.3, 0.4) is 0 Å². The molecular formula is C14H15ClN4O2. The summed E-state index contributed by atoms with van der Waals surface area (Å²) in [7, 11) is 0. The molecule has 1 fully saturated rings. The van der Waals surface area contributed by atoms with Crippen LogP contribution in [0.4, 0.5) is 5.82 Å². The van der Waals surface area contributed by atoms with E-state index in [1.165, 1.54) is 0 Å². The molecule has 0 aromatic carbocycles. The quantitative estimate of drug-likeness (QED) is 0.893. The second-order valence-corrected chi connectivity index (χ2v) is 5.27. The van der Waals surface area contributed by atoms with Crippen molar-refractivity contribution < 1.29 is 9.90 Å². The average Bonchev–Trinajstić information content (AvgIpc) is 2.54. The van der Waals surface area contributed by atoms with Gasteiger partial charge >= 0.3 is 0 Å². The number of carbonyl (C=O) groups is 1. The summed E-state index contributed by atoms with van der Waals surface area (Å²) >= 11 is 6.28. The molecule has 0 saturated carbocycles. The summed E-state index contributed by atoms with van der Waals surface area (Å²) in [6.45, 7) is 2.02. The van der Waals surface area contributed by atoms with Crippen molar-refractivity contribution in [3.63, 3.8) is 0 Å². The van der Waals surface area contributed by atoms with E-state index in [1.807, 2.05) is 18.2 Å². The fraction of sp³-hybridized carbons (Fsp3) is 0.357. The van der Waals surface area contributed by atoms with Crippen molar-refractivity contribution in [2.24, 2.45) is 0 Å². The van der Waals surface area contributed by atoms with Gasteiger partial charge in [-0.25, -0.2) is 9.97 Å². The van der Waals surface area contributed by atoms with Crippen LogP contribution in [0.25, 0.3) is 11.0 Å². The van der Waals surface area contributed by atoms with Crippen molar-refractivity contribution in [2.75, 3.05) is 37.7 Å². The Morgan fingerprint density at radius 1 is 1.33 bits per heavy atom. The standard InChI is InChI=1S/C14H15ClN4O2/c15-11-8-12(17-14-10(11)2-1-3-16-14)18-4-6-19(7-5-18)13(21)9-20/h1-3,8,20H,4-7,9H2. The third-order valence-electron chi connectivity index (χ3n) is 3.61. The lowest BCUT2D eigenvalue weighted by molar-refractivity contribution is -0.134. The van der Waals surface area contributed by atoms with Crippen LogP contribution in [0.5, 0.6) is 0 Å². The first kappa shape index (κ1) is 14.0. The number of anilines is 1. The van der Waals surface area contributed by atoms with Crippen LogP contribution < -0.4 is 4.90 Å². The van der Waals surface area contributed by atoms with Gasteiger partial charge in [0.2, 0.25) is 5.91 Å². The topological polar surface area (TPSA) is 69.6 Å². The zero-order valence-electron chi connectivity index (χ0n) is 11.4. The van der Waals surface area contributed by atoms with E-state index in [-0.39, 0.29) is 5.91 Å². The molecule has 1 aliphatic rings. The van der Waals surface area contributed by atoms with Crippen molar-refractivity contribution >= 4 is 34.4 Å². The van der Waals surface area contributed by atoms with E-state index < -0.39 is 6.61 Å². The van der Waals surface area contributed by atoms with E-state index in [4.69, 9.17) is 16.7 Å². The maximum atomic E-state index is 11.4. The Bertz CT molecular complexity index is 671. The molecule has 0 aliphatic carbocycles. The van der Waals surface area contributed by atoms with E-state index in [0.717, 1.165) is 11.2 Å². The molecule has 0 radical (unpaired) electrons. The zero-order valence-corrected chi connectivity index (χ0v) is 12.1. The average molecular weight is 307 g/mol. The van der Waals surface area contributed by atoms with Gasteiger partial charge < -0.3 is 14.9 Å². The van der Waals surface area contributed by atoms with Gasteiger partial charge in [-0.05, 0) is 12.1 Å². The fourth-order valence-corrected chi connectivity index (χ4v) is 2.70. The highest BCUT2D eigenvalue weighted by Crippen LogP contribution is 2.26. The van der Waals surface area contributed by atoms with Crippen molar-refractivity contribution in [2.45, 2.75) is 0 Å². The number of piperazine rings is 1. The largest absolute Gasteiger partial charge is 0.387 e. The summed E-state index contributed by atoms with van der Waals surface area (Å²) < 4.78 is 0. The highest BCUT2D eigenvalue weighted by atomic mass is 35.5. The Morgan fingerprint density at radius 3 is 2.81 bits per heavy atom. The number of aromatic nitrogens is 2. The number of aliphatic hydroxyl groups is 1. The number of nitrogens with zero attached hydrogens (tertiary/aromatic N) is 4. The van der Waals surface area contributed by atoms with Gasteiger partial charge in [0.1, 0.15) is 12.4 Å². The second kappa shape index (κ2) is 5.83. The molecule has 2 aromatic heterocycles. The van der Waals surface area contributed by atoms with E-state index in [1.54, 1.807) is 11.1 Å². The van der Waals surface area contributed by atoms with Crippen LogP contribution in [0, 0.1) is 0 Å². The SMILES string of the molecule is O=C(CO)N1CCN(c2cc(Cl)c3cccnc3n2)CC1. The van der Waals surface area contributed by atoms with Crippen LogP contribution in [0.15, 0.2) is 24.4 Å². The number of pyridine rings is 2. The molecule has 7 heteroatoms. The first-order chi connectivity index (χ1) is 10.2. The molecule has 21 heavy (non-hydrogen) atoms. The number of rotatable bonds is 2. The van der Waals surface area contributed by atoms with Gasteiger partial charge in [0.25, 0.3) is 0 Å². The molecular weight excluding hydrogens is 292 g/mol. The minimum absolute atomic E-state index is 0.235. The Balaban J connectivity index is 1.81. The molecule has 6 nitrogen and oxygen atoms in total. The number of halogens is 1. The molecule has 2 aromatic rings. The number of carbonyl (C=O) groups excluding carboxylic acids is 1. The van der Waals surface area contributed by atoms with Crippen LogP contribution in [-0.4, -0.2) is 58.7 Å². The highest BCUT2D eigenvalue weighted by molar-refractivity contribution is 6.35. The first-order valence-electron chi connectivity index (χ1n) is 6.74. The Kier molecular flexibility index (Phi) is 3.90. The molecule has 1 amide bonds. The van der Waals surface area contributed by atoms with Gasteiger partial charge in [-0.3, -0.25) is 4.79 Å². The van der Waals surface area contributed by atoms with Gasteiger partial charge in [0, 0.05) is 43.8 Å². The summed E-state index contributed by atoms with van der Waals surface area (Å²) in [4.78, 5) is 23.9. The van der Waals surface area contributed by atoms with Crippen molar-refractivity contribution in [1.29, 1.82) is 0 Å². The monoisotopic (exact) mass is 306 g/mol. The molecule has 0 atom stereocenters. The molecule has 110 valence electrons. The number of aliphatic hydroxyl groups excluding tert-OH is 1. The van der Waals surface area contributed by atoms with E-state index in [9.17, 15) is 4.79 Å². The van der Waals surface area contributed by atoms with Crippen molar-refractivity contribution in [1.82, 2.24) is 14.9 Å². The molecule has 0 spiro atoms. The van der Waals surface area contributed by atoms with Crippen LogP contribution in [-0.2, 0) is 4.79 Å². The molecule has 0 bridgehead atoms. The van der Waals surface area contributed by atoms with Gasteiger partial charge in [-0.2, -0.15) is 0 Å². The molecule has 1 saturated heterocycles. The molecule has 3 heterocycles. The van der Waals surface area contributed by atoms with Gasteiger partial charge in [0.05, 0.1) is 5.02 Å². The van der Waals surface area contributed by atoms with Crippen molar-refractivity contribution in [3.8, 4) is 0 Å². The second-order valence-electron chi connectivity index (χ2n) is 4.86. The maximum absolute atomic E-state index is 11.4. The van der Waals surface area contributed by atoms with Gasteiger partial charge in [-0.15, -0.1) is 0 Å². The van der Waals surface area contributed by atoms with Crippen LogP contribution in [0.1, 0.15) is 0 Å². The summed E-state index contributed by atoms with van der Waals surface area (Å²) in [6, 6.07) is 5.54. The predicted molar refractivity (Wildman–Crippen MR) is 80.4 cm³/mol. The normalized spacial score (nSPS) is 15.5. The zero-order chi connectivity index (χ0) is 14.8. The predicted octanol–water partition coefficient (Wildman–Crippen LogP) is 0.924. The highest BCUT2D eigenvalue weighted by Gasteiger charge is 2.22. The number of hydrogen-bond donors (Lipinski definition) is 1. The summed E-state index contributed by atoms with van der Waals surface area (Å²) in [5, 5.41) is 10.3. The Morgan fingerprint density at radius 2 is 2.10 bits per heavy atom. The van der Waals surface area contributed by atoms with E-state index in [0.29, 0.717) is 36.8 Å². The summed E-state index contributed by atoms with van der Waals surface area (Å²) in [5.41, 5.74) is 0.619. The number of amides is 1. The van der Waals surface area contributed by atoms with Gasteiger partial charge in [-0.1, -0.05) is 11.6 Å². The third-order valence-corrected chi connectivity index (χ3v) is 3.92. The first-order valence-corrected chi connectivity index (χ1v) is 7.11. The lowest BCUT2D eigenvalue weighted by atomic mass is 10.2. The number of hydrogen-bond acceptors (Lipinski definition) is 5. The molecule has 3 rings (SSSR count). The van der Waals surface area contributed by atoms with E-state index in [2.05, 4.69) is 14.9 Å².